The summed E-state index contributed by atoms with van der Waals surface area (Å²) < 4.78 is 0. The maximum atomic E-state index is 12.9. The summed E-state index contributed by atoms with van der Waals surface area (Å²) in [5.41, 5.74) is 11.7. The Labute approximate surface area is 213 Å². The van der Waals surface area contributed by atoms with Gasteiger partial charge in [-0.2, -0.15) is 0 Å². The second-order valence-electron chi connectivity index (χ2n) is 8.81. The number of carbonyl (C=O) groups is 3. The van der Waals surface area contributed by atoms with Crippen molar-refractivity contribution in [3.05, 3.63) is 24.3 Å². The molecule has 8 nitrogen and oxygen atoms in total. The van der Waals surface area contributed by atoms with Crippen molar-refractivity contribution in [3.8, 4) is 0 Å². The zero-order valence-electron chi connectivity index (χ0n) is 22.2. The number of hydrogen-bond acceptors (Lipinski definition) is 5. The van der Waals surface area contributed by atoms with Crippen LogP contribution < -0.4 is 22.1 Å². The molecule has 0 fully saturated rings. The molecular weight excluding hydrogens is 442 g/mol. The fourth-order valence-corrected chi connectivity index (χ4v) is 3.53. The fourth-order valence-electron chi connectivity index (χ4n) is 3.53. The summed E-state index contributed by atoms with van der Waals surface area (Å²) >= 11 is 0. The van der Waals surface area contributed by atoms with Crippen molar-refractivity contribution in [1.82, 2.24) is 15.5 Å². The molecule has 35 heavy (non-hydrogen) atoms. The number of amides is 3. The minimum atomic E-state index is -0.530. The summed E-state index contributed by atoms with van der Waals surface area (Å²) in [5.74, 6) is 0.0365. The van der Waals surface area contributed by atoms with Crippen molar-refractivity contribution in [2.45, 2.75) is 96.9 Å². The Morgan fingerprint density at radius 2 is 1.31 bits per heavy atom. The van der Waals surface area contributed by atoms with Gasteiger partial charge in [0.05, 0.1) is 6.04 Å². The Bertz CT molecular complexity index is 622. The van der Waals surface area contributed by atoms with Crippen molar-refractivity contribution in [2.24, 2.45) is 11.5 Å². The van der Waals surface area contributed by atoms with E-state index in [0.29, 0.717) is 58.4 Å². The molecule has 0 aliphatic heterocycles. The molecule has 0 spiro atoms. The van der Waals surface area contributed by atoms with E-state index in [2.05, 4.69) is 36.6 Å². The van der Waals surface area contributed by atoms with Gasteiger partial charge in [-0.3, -0.25) is 14.4 Å². The highest BCUT2D eigenvalue weighted by Crippen LogP contribution is 2.06. The lowest BCUT2D eigenvalue weighted by Gasteiger charge is -2.26. The Hall–Kier alpha value is -2.19. The van der Waals surface area contributed by atoms with Crippen molar-refractivity contribution in [1.29, 1.82) is 0 Å². The van der Waals surface area contributed by atoms with E-state index >= 15 is 0 Å². The third-order valence-electron chi connectivity index (χ3n) is 5.58. The SMILES string of the molecule is CCC=CCCC(=O)NCCCCN(CCCNC(=O)CCC=CCC)C(=O)[C@H](N)CCCCN. The van der Waals surface area contributed by atoms with Gasteiger partial charge in [0.15, 0.2) is 0 Å². The van der Waals surface area contributed by atoms with E-state index in [1.54, 1.807) is 4.90 Å². The summed E-state index contributed by atoms with van der Waals surface area (Å²) in [5, 5.41) is 5.87. The molecule has 0 saturated heterocycles. The van der Waals surface area contributed by atoms with E-state index in [0.717, 1.165) is 51.4 Å². The molecule has 6 N–H and O–H groups in total. The predicted octanol–water partition coefficient (Wildman–Crippen LogP) is 3.17. The van der Waals surface area contributed by atoms with Crippen LogP contribution in [0.1, 0.15) is 90.9 Å². The minimum Gasteiger partial charge on any atom is -0.356 e. The summed E-state index contributed by atoms with van der Waals surface area (Å²) in [6, 6.07) is -0.530. The highest BCUT2D eigenvalue weighted by atomic mass is 16.2. The molecule has 3 amide bonds. The van der Waals surface area contributed by atoms with Gasteiger partial charge in [-0.15, -0.1) is 0 Å². The molecule has 0 radical (unpaired) electrons. The molecule has 202 valence electrons. The third-order valence-corrected chi connectivity index (χ3v) is 5.58. The smallest absolute Gasteiger partial charge is 0.239 e. The zero-order chi connectivity index (χ0) is 26.2. The first kappa shape index (κ1) is 32.8. The molecular formula is C27H51N5O3. The molecule has 0 aromatic rings. The number of nitrogens with one attached hydrogen (secondary N) is 2. The quantitative estimate of drug-likeness (QED) is 0.136. The number of allylic oxidation sites excluding steroid dienone is 4. The van der Waals surface area contributed by atoms with E-state index in [1.807, 2.05) is 12.2 Å². The van der Waals surface area contributed by atoms with Crippen LogP contribution in [0.25, 0.3) is 0 Å². The van der Waals surface area contributed by atoms with Crippen molar-refractivity contribution >= 4 is 17.7 Å². The summed E-state index contributed by atoms with van der Waals surface area (Å²) in [6.45, 7) is 7.01. The Kier molecular flexibility index (Phi) is 22.1. The number of nitrogens with two attached hydrogens (primary N) is 2. The molecule has 0 heterocycles. The van der Waals surface area contributed by atoms with Gasteiger partial charge in [-0.05, 0) is 64.3 Å². The van der Waals surface area contributed by atoms with Gasteiger partial charge in [-0.1, -0.05) is 44.6 Å². The van der Waals surface area contributed by atoms with Crippen LogP contribution in [0.3, 0.4) is 0 Å². The number of nitrogens with zero attached hydrogens (tertiary/aromatic N) is 1. The highest BCUT2D eigenvalue weighted by molar-refractivity contribution is 5.81. The maximum absolute atomic E-state index is 12.9. The first-order chi connectivity index (χ1) is 17.0. The molecule has 0 bridgehead atoms. The van der Waals surface area contributed by atoms with Gasteiger partial charge >= 0.3 is 0 Å². The molecule has 0 rings (SSSR count). The van der Waals surface area contributed by atoms with Crippen LogP contribution in [0.4, 0.5) is 0 Å². The lowest BCUT2D eigenvalue weighted by molar-refractivity contribution is -0.133. The van der Waals surface area contributed by atoms with Gasteiger partial charge in [0, 0.05) is 39.0 Å². The van der Waals surface area contributed by atoms with E-state index < -0.39 is 6.04 Å². The lowest BCUT2D eigenvalue weighted by atomic mass is 10.1. The van der Waals surface area contributed by atoms with Crippen molar-refractivity contribution < 1.29 is 14.4 Å². The first-order valence-electron chi connectivity index (χ1n) is 13.5. The van der Waals surface area contributed by atoms with Crippen LogP contribution in [0.2, 0.25) is 0 Å². The first-order valence-corrected chi connectivity index (χ1v) is 13.5. The van der Waals surface area contributed by atoms with E-state index in [1.165, 1.54) is 0 Å². The molecule has 0 aliphatic carbocycles. The maximum Gasteiger partial charge on any atom is 0.239 e. The van der Waals surface area contributed by atoms with Gasteiger partial charge in [-0.25, -0.2) is 0 Å². The largest absolute Gasteiger partial charge is 0.356 e. The van der Waals surface area contributed by atoms with E-state index in [-0.39, 0.29) is 17.7 Å². The summed E-state index contributed by atoms with van der Waals surface area (Å²) in [6.07, 6.45) is 17.2. The van der Waals surface area contributed by atoms with E-state index in [4.69, 9.17) is 11.5 Å². The minimum absolute atomic E-state index is 0.0306. The molecule has 0 aromatic heterocycles. The zero-order valence-corrected chi connectivity index (χ0v) is 22.2. The van der Waals surface area contributed by atoms with Crippen LogP contribution in [-0.4, -0.2) is 61.4 Å². The van der Waals surface area contributed by atoms with Crippen LogP contribution in [0, 0.1) is 0 Å². The Morgan fingerprint density at radius 1 is 0.771 bits per heavy atom. The van der Waals surface area contributed by atoms with Crippen molar-refractivity contribution in [2.75, 3.05) is 32.7 Å². The van der Waals surface area contributed by atoms with Gasteiger partial charge < -0.3 is 27.0 Å². The highest BCUT2D eigenvalue weighted by Gasteiger charge is 2.20. The summed E-state index contributed by atoms with van der Waals surface area (Å²) in [4.78, 5) is 38.5. The lowest BCUT2D eigenvalue weighted by Crippen LogP contribution is -2.45. The van der Waals surface area contributed by atoms with Gasteiger partial charge in [0.25, 0.3) is 0 Å². The standard InChI is InChI=1S/C27H51N5O3/c1-3-5-7-9-17-25(33)30-20-13-14-22-32(27(35)24(29)16-11-12-19-28)23-15-21-31-26(34)18-10-8-6-4-2/h5-8,24H,3-4,9-23,28-29H2,1-2H3,(H,30,33)(H,31,34)/t24-/m1/s1. The Balaban J connectivity index is 4.43. The number of carbonyl (C=O) groups excluding carboxylic acids is 3. The molecule has 0 aliphatic rings. The predicted molar refractivity (Wildman–Crippen MR) is 145 cm³/mol. The molecule has 0 unspecified atom stereocenters. The molecule has 8 heteroatoms. The third kappa shape index (κ3) is 19.8. The number of unbranched alkanes of at least 4 members (excludes halogenated alkanes) is 2. The average molecular weight is 494 g/mol. The van der Waals surface area contributed by atoms with Crippen LogP contribution in [0.5, 0.6) is 0 Å². The van der Waals surface area contributed by atoms with E-state index in [9.17, 15) is 14.4 Å². The van der Waals surface area contributed by atoms with Gasteiger partial charge in [0.1, 0.15) is 0 Å². The average Bonchev–Trinajstić information content (AvgIpc) is 2.85. The topological polar surface area (TPSA) is 131 Å². The molecule has 0 saturated carbocycles. The van der Waals surface area contributed by atoms with Gasteiger partial charge in [0.2, 0.25) is 17.7 Å². The Morgan fingerprint density at radius 3 is 1.86 bits per heavy atom. The molecule has 1 atom stereocenters. The molecule has 0 aromatic carbocycles. The normalized spacial score (nSPS) is 12.2. The van der Waals surface area contributed by atoms with Crippen molar-refractivity contribution in [3.63, 3.8) is 0 Å². The number of hydrogen-bond donors (Lipinski definition) is 4. The second kappa shape index (κ2) is 23.5. The summed E-state index contributed by atoms with van der Waals surface area (Å²) in [7, 11) is 0. The second-order valence-corrected chi connectivity index (χ2v) is 8.81. The number of rotatable bonds is 22. The van der Waals surface area contributed by atoms with Crippen LogP contribution in [-0.2, 0) is 14.4 Å². The van der Waals surface area contributed by atoms with Crippen LogP contribution >= 0.6 is 0 Å². The fraction of sp³-hybridized carbons (Fsp3) is 0.741. The monoisotopic (exact) mass is 493 g/mol. The van der Waals surface area contributed by atoms with Crippen LogP contribution in [0.15, 0.2) is 24.3 Å².